The Morgan fingerprint density at radius 1 is 1.06 bits per heavy atom. The highest BCUT2D eigenvalue weighted by Gasteiger charge is 2.33. The minimum absolute atomic E-state index is 0.0128. The molecule has 31 heavy (non-hydrogen) atoms. The first-order valence-corrected chi connectivity index (χ1v) is 9.26. The number of carbonyl (C=O) groups excluding carboxylic acids is 2. The molecular weight excluding hydrogens is 404 g/mol. The second-order valence-corrected chi connectivity index (χ2v) is 6.69. The normalized spacial score (nSPS) is 13.3. The van der Waals surface area contributed by atoms with Gasteiger partial charge in [0.2, 0.25) is 0 Å². The first kappa shape index (κ1) is 20.0. The van der Waals surface area contributed by atoms with Crippen LogP contribution in [0.2, 0.25) is 0 Å². The van der Waals surface area contributed by atoms with Crippen molar-refractivity contribution in [3.63, 3.8) is 0 Å². The zero-order valence-corrected chi connectivity index (χ0v) is 16.5. The summed E-state index contributed by atoms with van der Waals surface area (Å²) in [7, 11) is 1.34. The molecule has 10 nitrogen and oxygen atoms in total. The predicted octanol–water partition coefficient (Wildman–Crippen LogP) is 4.49. The summed E-state index contributed by atoms with van der Waals surface area (Å²) in [6.07, 6.45) is 0. The third-order valence-electron chi connectivity index (χ3n) is 5.02. The van der Waals surface area contributed by atoms with Gasteiger partial charge in [-0.15, -0.1) is 10.2 Å². The molecule has 0 radical (unpaired) electrons. The Hall–Kier alpha value is -4.34. The Labute approximate surface area is 175 Å². The average Bonchev–Trinajstić information content (AvgIpc) is 2.77. The number of rotatable bonds is 5. The Balaban J connectivity index is 1.86. The largest absolute Gasteiger partial charge is 0.505 e. The fourth-order valence-corrected chi connectivity index (χ4v) is 3.52. The van der Waals surface area contributed by atoms with Gasteiger partial charge in [-0.1, -0.05) is 12.1 Å². The minimum Gasteiger partial charge on any atom is -0.505 e. The van der Waals surface area contributed by atoms with E-state index in [0.29, 0.717) is 16.3 Å². The molecule has 1 aliphatic heterocycles. The number of ether oxygens (including phenoxy) is 1. The second-order valence-electron chi connectivity index (χ2n) is 6.69. The lowest BCUT2D eigenvalue weighted by molar-refractivity contribution is -0.384. The number of nitrogens with zero attached hydrogens (tertiary/aromatic N) is 4. The minimum atomic E-state index is -0.562. The first-order valence-electron chi connectivity index (χ1n) is 9.26. The molecule has 0 atom stereocenters. The number of hydrogen-bond acceptors (Lipinski definition) is 8. The van der Waals surface area contributed by atoms with Crippen LogP contribution in [-0.4, -0.2) is 40.4 Å². The molecule has 156 valence electrons. The van der Waals surface area contributed by atoms with E-state index in [2.05, 4.69) is 10.2 Å². The van der Waals surface area contributed by atoms with Gasteiger partial charge < -0.3 is 9.84 Å². The number of nitro benzene ring substituents is 1. The van der Waals surface area contributed by atoms with Gasteiger partial charge in [0.1, 0.15) is 11.4 Å². The van der Waals surface area contributed by atoms with Crippen LogP contribution in [0.25, 0.3) is 10.8 Å². The summed E-state index contributed by atoms with van der Waals surface area (Å²) in [5, 5.41) is 30.4. The molecule has 0 aliphatic carbocycles. The van der Waals surface area contributed by atoms with Crippen LogP contribution in [0.1, 0.15) is 27.6 Å². The van der Waals surface area contributed by atoms with Crippen molar-refractivity contribution in [2.45, 2.75) is 6.92 Å². The highest BCUT2D eigenvalue weighted by molar-refractivity contribution is 6.26. The molecule has 0 saturated carbocycles. The maximum atomic E-state index is 12.9. The van der Waals surface area contributed by atoms with E-state index in [1.807, 2.05) is 0 Å². The quantitative estimate of drug-likeness (QED) is 0.280. The van der Waals surface area contributed by atoms with Crippen LogP contribution >= 0.6 is 0 Å². The van der Waals surface area contributed by atoms with Crippen molar-refractivity contribution in [3.8, 4) is 11.5 Å². The monoisotopic (exact) mass is 420 g/mol. The number of non-ortho nitro benzene ring substituents is 1. The number of amides is 2. The standard InChI is InChI=1S/C21H16N4O6/c1-3-24-20(27)13-6-4-5-12-18(13)14(21(24)28)10-16(19(12)26)23-22-15-8-7-11(25(29)30)9-17(15)31-2/h4-10,26H,3H2,1-2H3. The molecule has 1 N–H and O–H groups in total. The van der Waals surface area contributed by atoms with Crippen LogP contribution in [0.15, 0.2) is 52.7 Å². The molecule has 1 heterocycles. The van der Waals surface area contributed by atoms with Crippen molar-refractivity contribution in [1.29, 1.82) is 0 Å². The maximum absolute atomic E-state index is 12.9. The lowest BCUT2D eigenvalue weighted by Crippen LogP contribution is -2.39. The van der Waals surface area contributed by atoms with Crippen LogP contribution in [0.4, 0.5) is 17.1 Å². The zero-order valence-electron chi connectivity index (χ0n) is 16.5. The number of carbonyl (C=O) groups is 2. The lowest BCUT2D eigenvalue weighted by Gasteiger charge is -2.26. The van der Waals surface area contributed by atoms with Gasteiger partial charge in [-0.2, -0.15) is 0 Å². The molecule has 3 aromatic rings. The van der Waals surface area contributed by atoms with E-state index in [0.717, 1.165) is 4.90 Å². The number of phenols is 1. The predicted molar refractivity (Wildman–Crippen MR) is 110 cm³/mol. The number of azo groups is 1. The van der Waals surface area contributed by atoms with Crippen molar-refractivity contribution in [1.82, 2.24) is 4.90 Å². The van der Waals surface area contributed by atoms with Gasteiger partial charge in [0.25, 0.3) is 17.5 Å². The van der Waals surface area contributed by atoms with Crippen LogP contribution in [0.3, 0.4) is 0 Å². The van der Waals surface area contributed by atoms with E-state index in [4.69, 9.17) is 4.74 Å². The molecule has 0 aromatic heterocycles. The van der Waals surface area contributed by atoms with Crippen molar-refractivity contribution in [3.05, 3.63) is 63.7 Å². The van der Waals surface area contributed by atoms with Gasteiger partial charge in [-0.3, -0.25) is 24.6 Å². The van der Waals surface area contributed by atoms with Gasteiger partial charge in [0, 0.05) is 28.9 Å². The van der Waals surface area contributed by atoms with E-state index in [1.165, 1.54) is 31.4 Å². The SMILES string of the molecule is CCN1C(=O)c2cccc3c(O)c(N=Nc4ccc([N+](=O)[O-])cc4OC)cc(c23)C1=O. The van der Waals surface area contributed by atoms with Crippen molar-refractivity contribution in [2.24, 2.45) is 10.2 Å². The highest BCUT2D eigenvalue weighted by Crippen LogP contribution is 2.42. The van der Waals surface area contributed by atoms with Crippen molar-refractivity contribution in [2.75, 3.05) is 13.7 Å². The van der Waals surface area contributed by atoms with Crippen LogP contribution in [0.5, 0.6) is 11.5 Å². The van der Waals surface area contributed by atoms with Gasteiger partial charge in [0.05, 0.1) is 23.7 Å². The number of hydrogen-bond donors (Lipinski definition) is 1. The summed E-state index contributed by atoms with van der Waals surface area (Å²) < 4.78 is 5.13. The van der Waals surface area contributed by atoms with Crippen molar-refractivity contribution < 1.29 is 24.4 Å². The molecule has 0 unspecified atom stereocenters. The summed E-state index contributed by atoms with van der Waals surface area (Å²) >= 11 is 0. The number of nitro groups is 1. The van der Waals surface area contributed by atoms with E-state index in [1.54, 1.807) is 25.1 Å². The molecular formula is C21H16N4O6. The van der Waals surface area contributed by atoms with E-state index in [9.17, 15) is 24.8 Å². The summed E-state index contributed by atoms with van der Waals surface area (Å²) in [4.78, 5) is 37.0. The van der Waals surface area contributed by atoms with Gasteiger partial charge in [0.15, 0.2) is 11.5 Å². The number of phenolic OH excluding ortho intramolecular Hbond substituents is 1. The van der Waals surface area contributed by atoms with E-state index >= 15 is 0 Å². The Kier molecular flexibility index (Phi) is 4.82. The third kappa shape index (κ3) is 3.14. The van der Waals surface area contributed by atoms with Crippen LogP contribution in [-0.2, 0) is 0 Å². The van der Waals surface area contributed by atoms with E-state index < -0.39 is 16.7 Å². The molecule has 3 aromatic carbocycles. The number of imide groups is 1. The summed E-state index contributed by atoms with van der Waals surface area (Å²) in [5.41, 5.74) is 0.598. The highest BCUT2D eigenvalue weighted by atomic mass is 16.6. The van der Waals surface area contributed by atoms with E-state index in [-0.39, 0.29) is 40.7 Å². The Morgan fingerprint density at radius 3 is 2.45 bits per heavy atom. The molecule has 1 aliphatic rings. The molecule has 0 fully saturated rings. The summed E-state index contributed by atoms with van der Waals surface area (Å²) in [5.74, 6) is -1.02. The fraction of sp³-hybridized carbons (Fsp3) is 0.143. The molecule has 4 rings (SSSR count). The average molecular weight is 420 g/mol. The number of benzene rings is 3. The third-order valence-corrected chi connectivity index (χ3v) is 5.02. The van der Waals surface area contributed by atoms with Gasteiger partial charge in [-0.05, 0) is 25.1 Å². The number of methoxy groups -OCH3 is 1. The number of aromatic hydroxyl groups is 1. The lowest BCUT2D eigenvalue weighted by atomic mass is 9.93. The van der Waals surface area contributed by atoms with Crippen LogP contribution in [0, 0.1) is 10.1 Å². The summed E-state index contributed by atoms with van der Waals surface area (Å²) in [6, 6.07) is 10.0. The topological polar surface area (TPSA) is 135 Å². The van der Waals surface area contributed by atoms with Gasteiger partial charge in [-0.25, -0.2) is 0 Å². The second kappa shape index (κ2) is 7.48. The Bertz CT molecular complexity index is 1300. The van der Waals surface area contributed by atoms with Crippen molar-refractivity contribution >= 4 is 39.6 Å². The van der Waals surface area contributed by atoms with Gasteiger partial charge >= 0.3 is 0 Å². The smallest absolute Gasteiger partial charge is 0.273 e. The maximum Gasteiger partial charge on any atom is 0.273 e. The molecule has 2 amide bonds. The molecule has 10 heteroatoms. The molecule has 0 saturated heterocycles. The fourth-order valence-electron chi connectivity index (χ4n) is 3.52. The van der Waals surface area contributed by atoms with Crippen LogP contribution < -0.4 is 4.74 Å². The molecule has 0 spiro atoms. The molecule has 0 bridgehead atoms. The zero-order chi connectivity index (χ0) is 22.3. The summed E-state index contributed by atoms with van der Waals surface area (Å²) in [6.45, 7) is 1.90. The Morgan fingerprint density at radius 2 is 1.77 bits per heavy atom. The first-order chi connectivity index (χ1) is 14.9.